The number of rotatable bonds is 6. The predicted octanol–water partition coefficient (Wildman–Crippen LogP) is 3.97. The quantitative estimate of drug-likeness (QED) is 0.533. The third-order valence-electron chi connectivity index (χ3n) is 6.22. The van der Waals surface area contributed by atoms with Crippen molar-refractivity contribution in [1.82, 2.24) is 24.7 Å². The minimum atomic E-state index is -0.434. The Balaban J connectivity index is 1.51. The maximum Gasteiger partial charge on any atom is 0.170 e. The molecule has 9 heteroatoms. The lowest BCUT2D eigenvalue weighted by Crippen LogP contribution is -2.42. The summed E-state index contributed by atoms with van der Waals surface area (Å²) in [7, 11) is 0. The number of pyridine rings is 1. The molecule has 2 saturated heterocycles. The summed E-state index contributed by atoms with van der Waals surface area (Å²) in [5.41, 5.74) is 2.75. The van der Waals surface area contributed by atoms with Crippen molar-refractivity contribution >= 4 is 28.9 Å². The standard InChI is InChI=1S/C24H25ClFN5OS/c25-18-16-17(6-7-19(18)26)30-9-3-5-21(30)23-22(20-4-1-2-8-27-20)28-24(33)31(23)11-10-29-12-14-32-15-13-29/h1-9,16,22-23H,10-15H2,(H,28,33). The molecule has 33 heavy (non-hydrogen) atoms. The van der Waals surface area contributed by atoms with E-state index in [1.54, 1.807) is 18.3 Å². The highest BCUT2D eigenvalue weighted by atomic mass is 35.5. The summed E-state index contributed by atoms with van der Waals surface area (Å²) in [6, 6.07) is 14.5. The Labute approximate surface area is 202 Å². The van der Waals surface area contributed by atoms with Gasteiger partial charge in [0, 0.05) is 50.0 Å². The third-order valence-corrected chi connectivity index (χ3v) is 6.87. The van der Waals surface area contributed by atoms with Crippen LogP contribution in [0.4, 0.5) is 4.39 Å². The van der Waals surface area contributed by atoms with Gasteiger partial charge in [-0.25, -0.2) is 4.39 Å². The second-order valence-corrected chi connectivity index (χ2v) is 8.97. The van der Waals surface area contributed by atoms with E-state index in [9.17, 15) is 4.39 Å². The van der Waals surface area contributed by atoms with Crippen LogP contribution in [0.25, 0.3) is 5.69 Å². The highest BCUT2D eigenvalue weighted by Gasteiger charge is 2.41. The Morgan fingerprint density at radius 1 is 1.12 bits per heavy atom. The average molecular weight is 486 g/mol. The Hall–Kier alpha value is -2.52. The van der Waals surface area contributed by atoms with Crippen LogP contribution in [0.5, 0.6) is 0 Å². The van der Waals surface area contributed by atoms with E-state index in [4.69, 9.17) is 28.6 Å². The summed E-state index contributed by atoms with van der Waals surface area (Å²) in [4.78, 5) is 9.25. The van der Waals surface area contributed by atoms with E-state index in [0.717, 1.165) is 56.5 Å². The summed E-state index contributed by atoms with van der Waals surface area (Å²) < 4.78 is 21.4. The molecule has 0 bridgehead atoms. The number of nitrogens with zero attached hydrogens (tertiary/aromatic N) is 4. The third kappa shape index (κ3) is 4.61. The molecule has 2 aliphatic heterocycles. The van der Waals surface area contributed by atoms with Crippen LogP contribution < -0.4 is 5.32 Å². The van der Waals surface area contributed by atoms with Gasteiger partial charge in [-0.05, 0) is 54.7 Å². The molecule has 0 amide bonds. The van der Waals surface area contributed by atoms with Crippen molar-refractivity contribution in [2.24, 2.45) is 0 Å². The van der Waals surface area contributed by atoms with Gasteiger partial charge in [-0.1, -0.05) is 17.7 Å². The fraction of sp³-hybridized carbons (Fsp3) is 0.333. The molecule has 1 N–H and O–H groups in total. The number of hydrogen-bond acceptors (Lipinski definition) is 4. The zero-order valence-electron chi connectivity index (χ0n) is 18.0. The second-order valence-electron chi connectivity index (χ2n) is 8.18. The summed E-state index contributed by atoms with van der Waals surface area (Å²) >= 11 is 11.9. The molecule has 2 aliphatic rings. The van der Waals surface area contributed by atoms with E-state index < -0.39 is 5.82 Å². The first-order chi connectivity index (χ1) is 16.1. The lowest BCUT2D eigenvalue weighted by Gasteiger charge is -2.32. The van der Waals surface area contributed by atoms with Gasteiger partial charge < -0.3 is 19.5 Å². The molecule has 2 atom stereocenters. The van der Waals surface area contributed by atoms with Gasteiger partial charge in [0.1, 0.15) is 5.82 Å². The molecule has 5 rings (SSSR count). The topological polar surface area (TPSA) is 45.6 Å². The van der Waals surface area contributed by atoms with Gasteiger partial charge >= 0.3 is 0 Å². The Morgan fingerprint density at radius 2 is 1.97 bits per heavy atom. The van der Waals surface area contributed by atoms with Crippen LogP contribution in [0.2, 0.25) is 5.02 Å². The Morgan fingerprint density at radius 3 is 2.73 bits per heavy atom. The number of benzene rings is 1. The van der Waals surface area contributed by atoms with Gasteiger partial charge in [-0.3, -0.25) is 9.88 Å². The monoisotopic (exact) mass is 485 g/mol. The van der Waals surface area contributed by atoms with Crippen LogP contribution in [0.3, 0.4) is 0 Å². The van der Waals surface area contributed by atoms with Crippen molar-refractivity contribution in [2.45, 2.75) is 12.1 Å². The summed E-state index contributed by atoms with van der Waals surface area (Å²) in [5.74, 6) is -0.434. The Bertz CT molecular complexity index is 1120. The fourth-order valence-electron chi connectivity index (χ4n) is 4.55. The number of thiocarbonyl (C=S) groups is 1. The van der Waals surface area contributed by atoms with E-state index in [1.165, 1.54) is 6.07 Å². The first kappa shape index (κ1) is 22.3. The molecular formula is C24H25ClFN5OS. The Kier molecular flexibility index (Phi) is 6.59. The highest BCUT2D eigenvalue weighted by molar-refractivity contribution is 7.80. The maximum absolute atomic E-state index is 13.8. The smallest absolute Gasteiger partial charge is 0.170 e. The lowest BCUT2D eigenvalue weighted by molar-refractivity contribution is 0.0349. The van der Waals surface area contributed by atoms with Crippen LogP contribution in [0.1, 0.15) is 23.5 Å². The molecule has 0 aliphatic carbocycles. The van der Waals surface area contributed by atoms with Crippen molar-refractivity contribution in [3.8, 4) is 5.69 Å². The first-order valence-electron chi connectivity index (χ1n) is 11.0. The number of ether oxygens (including phenoxy) is 1. The zero-order chi connectivity index (χ0) is 22.8. The second kappa shape index (κ2) is 9.77. The van der Waals surface area contributed by atoms with Crippen LogP contribution in [0.15, 0.2) is 60.9 Å². The molecule has 6 nitrogen and oxygen atoms in total. The number of hydrogen-bond donors (Lipinski definition) is 1. The van der Waals surface area contributed by atoms with Crippen molar-refractivity contribution < 1.29 is 9.13 Å². The summed E-state index contributed by atoms with van der Waals surface area (Å²) in [5, 5.41) is 4.30. The van der Waals surface area contributed by atoms with Gasteiger partial charge in [-0.2, -0.15) is 0 Å². The molecule has 2 fully saturated rings. The number of aromatic nitrogens is 2. The molecule has 1 aromatic carbocycles. The number of nitrogens with one attached hydrogen (secondary N) is 1. The van der Waals surface area contributed by atoms with E-state index in [2.05, 4.69) is 26.2 Å². The zero-order valence-corrected chi connectivity index (χ0v) is 19.6. The molecule has 3 aromatic rings. The minimum Gasteiger partial charge on any atom is -0.379 e. The predicted molar refractivity (Wildman–Crippen MR) is 130 cm³/mol. The molecule has 172 valence electrons. The van der Waals surface area contributed by atoms with E-state index in [0.29, 0.717) is 5.11 Å². The van der Waals surface area contributed by atoms with Gasteiger partial charge in [-0.15, -0.1) is 0 Å². The van der Waals surface area contributed by atoms with Crippen LogP contribution in [-0.2, 0) is 4.74 Å². The van der Waals surface area contributed by atoms with Crippen molar-refractivity contribution in [3.63, 3.8) is 0 Å². The van der Waals surface area contributed by atoms with Crippen molar-refractivity contribution in [1.29, 1.82) is 0 Å². The van der Waals surface area contributed by atoms with Crippen LogP contribution >= 0.6 is 23.8 Å². The number of halogens is 2. The van der Waals surface area contributed by atoms with E-state index in [-0.39, 0.29) is 17.1 Å². The lowest BCUT2D eigenvalue weighted by atomic mass is 10.0. The molecule has 0 spiro atoms. The average Bonchev–Trinajstić information content (AvgIpc) is 3.45. The molecule has 2 aromatic heterocycles. The van der Waals surface area contributed by atoms with Gasteiger partial charge in [0.2, 0.25) is 0 Å². The van der Waals surface area contributed by atoms with Gasteiger partial charge in [0.05, 0.1) is 36.0 Å². The van der Waals surface area contributed by atoms with E-state index >= 15 is 0 Å². The normalized spacial score (nSPS) is 21.4. The largest absolute Gasteiger partial charge is 0.379 e. The van der Waals surface area contributed by atoms with Crippen molar-refractivity contribution in [2.75, 3.05) is 39.4 Å². The SMILES string of the molecule is Fc1ccc(-n2cccc2C2C(c3ccccn3)NC(=S)N2CCN2CCOCC2)cc1Cl. The molecule has 2 unspecified atom stereocenters. The van der Waals surface area contributed by atoms with Gasteiger partial charge in [0.25, 0.3) is 0 Å². The maximum atomic E-state index is 13.8. The molecular weight excluding hydrogens is 461 g/mol. The van der Waals surface area contributed by atoms with Crippen LogP contribution in [-0.4, -0.2) is 63.9 Å². The molecule has 0 radical (unpaired) electrons. The van der Waals surface area contributed by atoms with Gasteiger partial charge in [0.15, 0.2) is 5.11 Å². The first-order valence-corrected chi connectivity index (χ1v) is 11.8. The summed E-state index contributed by atoms with van der Waals surface area (Å²) in [6.07, 6.45) is 3.77. The molecule has 4 heterocycles. The van der Waals surface area contributed by atoms with Crippen molar-refractivity contribution in [3.05, 3.63) is 83.2 Å². The molecule has 0 saturated carbocycles. The van der Waals surface area contributed by atoms with Crippen LogP contribution in [0, 0.1) is 5.82 Å². The summed E-state index contributed by atoms with van der Waals surface area (Å²) in [6.45, 7) is 5.03. The minimum absolute atomic E-state index is 0.0905. The highest BCUT2D eigenvalue weighted by Crippen LogP contribution is 2.39. The fourth-order valence-corrected chi connectivity index (χ4v) is 5.05. The van der Waals surface area contributed by atoms with E-state index in [1.807, 2.05) is 35.0 Å². The number of morpholine rings is 1.